The molecule has 2 atom stereocenters. The Morgan fingerprint density at radius 2 is 1.96 bits per heavy atom. The maximum absolute atomic E-state index is 10.6. The van der Waals surface area contributed by atoms with E-state index in [2.05, 4.69) is 29.9 Å². The predicted molar refractivity (Wildman–Crippen MR) is 103 cm³/mol. The molecular weight excluding hydrogens is 346 g/mol. The Balaban J connectivity index is 1.68. The SMILES string of the molecule is COc1cc(N2CC[C@@H](Oc3cccc(C(C)C)c3)[C@H](O)C2)nc(OC)n1. The van der Waals surface area contributed by atoms with E-state index in [1.807, 2.05) is 23.1 Å². The lowest BCUT2D eigenvalue weighted by Gasteiger charge is -2.36. The first-order chi connectivity index (χ1) is 13.0. The summed E-state index contributed by atoms with van der Waals surface area (Å²) in [4.78, 5) is 10.5. The minimum atomic E-state index is -0.631. The van der Waals surface area contributed by atoms with Crippen molar-refractivity contribution in [3.05, 3.63) is 35.9 Å². The van der Waals surface area contributed by atoms with Gasteiger partial charge in [-0.2, -0.15) is 9.97 Å². The van der Waals surface area contributed by atoms with Gasteiger partial charge in [-0.3, -0.25) is 0 Å². The van der Waals surface area contributed by atoms with Gasteiger partial charge >= 0.3 is 6.01 Å². The number of aliphatic hydroxyl groups excluding tert-OH is 1. The minimum Gasteiger partial charge on any atom is -0.488 e. The fourth-order valence-electron chi connectivity index (χ4n) is 3.13. The van der Waals surface area contributed by atoms with Crippen molar-refractivity contribution >= 4 is 5.82 Å². The lowest BCUT2D eigenvalue weighted by atomic mass is 10.0. The predicted octanol–water partition coefficient (Wildman–Crippen LogP) is 2.64. The van der Waals surface area contributed by atoms with Crippen LogP contribution in [0.4, 0.5) is 5.82 Å². The monoisotopic (exact) mass is 373 g/mol. The number of anilines is 1. The van der Waals surface area contributed by atoms with Crippen LogP contribution in [-0.2, 0) is 0 Å². The molecule has 0 radical (unpaired) electrons. The molecular formula is C20H27N3O4. The fourth-order valence-corrected chi connectivity index (χ4v) is 3.13. The van der Waals surface area contributed by atoms with Crippen molar-refractivity contribution in [1.82, 2.24) is 9.97 Å². The van der Waals surface area contributed by atoms with E-state index >= 15 is 0 Å². The van der Waals surface area contributed by atoms with E-state index in [0.29, 0.717) is 37.1 Å². The molecule has 3 rings (SSSR count). The zero-order chi connectivity index (χ0) is 19.4. The highest BCUT2D eigenvalue weighted by Gasteiger charge is 2.30. The summed E-state index contributed by atoms with van der Waals surface area (Å²) in [7, 11) is 3.06. The third-order valence-corrected chi connectivity index (χ3v) is 4.72. The molecule has 146 valence electrons. The van der Waals surface area contributed by atoms with Crippen molar-refractivity contribution in [2.45, 2.75) is 38.4 Å². The highest BCUT2D eigenvalue weighted by molar-refractivity contribution is 5.43. The number of hydrogen-bond acceptors (Lipinski definition) is 7. The van der Waals surface area contributed by atoms with Crippen molar-refractivity contribution < 1.29 is 19.3 Å². The van der Waals surface area contributed by atoms with E-state index < -0.39 is 6.10 Å². The Labute approximate surface area is 159 Å². The van der Waals surface area contributed by atoms with Crippen molar-refractivity contribution in [2.24, 2.45) is 0 Å². The van der Waals surface area contributed by atoms with E-state index in [-0.39, 0.29) is 12.1 Å². The quantitative estimate of drug-likeness (QED) is 0.834. The van der Waals surface area contributed by atoms with Crippen LogP contribution in [0.3, 0.4) is 0 Å². The molecule has 0 unspecified atom stereocenters. The van der Waals surface area contributed by atoms with Crippen LogP contribution in [0, 0.1) is 0 Å². The van der Waals surface area contributed by atoms with Crippen LogP contribution in [-0.4, -0.2) is 54.6 Å². The van der Waals surface area contributed by atoms with E-state index in [1.165, 1.54) is 12.7 Å². The van der Waals surface area contributed by atoms with Crippen molar-refractivity contribution in [1.29, 1.82) is 0 Å². The number of aromatic nitrogens is 2. The molecule has 1 aliphatic heterocycles. The van der Waals surface area contributed by atoms with Gasteiger partial charge in [0.05, 0.1) is 14.2 Å². The summed E-state index contributed by atoms with van der Waals surface area (Å²) in [6, 6.07) is 10.0. The number of hydrogen-bond donors (Lipinski definition) is 1. The molecule has 2 aromatic rings. The van der Waals surface area contributed by atoms with Crippen molar-refractivity contribution in [2.75, 3.05) is 32.2 Å². The number of ether oxygens (including phenoxy) is 3. The van der Waals surface area contributed by atoms with Crippen molar-refractivity contribution in [3.63, 3.8) is 0 Å². The highest BCUT2D eigenvalue weighted by Crippen LogP contribution is 2.27. The zero-order valence-corrected chi connectivity index (χ0v) is 16.3. The maximum Gasteiger partial charge on any atom is 0.321 e. The number of methoxy groups -OCH3 is 2. The number of β-amino-alcohol motifs (C(OH)–C–C–N with tert-alkyl or cyclic N) is 1. The van der Waals surface area contributed by atoms with Gasteiger partial charge in [0.15, 0.2) is 0 Å². The molecule has 7 nitrogen and oxygen atoms in total. The van der Waals surface area contributed by atoms with E-state index in [0.717, 1.165) is 5.75 Å². The van der Waals surface area contributed by atoms with Crippen LogP contribution in [0.5, 0.6) is 17.6 Å². The average Bonchev–Trinajstić information content (AvgIpc) is 2.69. The zero-order valence-electron chi connectivity index (χ0n) is 16.3. The molecule has 1 N–H and O–H groups in total. The minimum absolute atomic E-state index is 0.239. The van der Waals surface area contributed by atoms with Gasteiger partial charge in [-0.25, -0.2) is 0 Å². The third kappa shape index (κ3) is 4.60. The topological polar surface area (TPSA) is 76.9 Å². The van der Waals surface area contributed by atoms with E-state index in [9.17, 15) is 5.11 Å². The van der Waals surface area contributed by atoms with Crippen LogP contribution in [0.25, 0.3) is 0 Å². The van der Waals surface area contributed by atoms with Gasteiger partial charge in [0.25, 0.3) is 0 Å². The second-order valence-electron chi connectivity index (χ2n) is 6.94. The smallest absolute Gasteiger partial charge is 0.321 e. The van der Waals surface area contributed by atoms with Crippen LogP contribution in [0.1, 0.15) is 31.7 Å². The number of nitrogens with zero attached hydrogens (tertiary/aromatic N) is 3. The molecule has 7 heteroatoms. The fraction of sp³-hybridized carbons (Fsp3) is 0.500. The summed E-state index contributed by atoms with van der Waals surface area (Å²) in [6.45, 7) is 5.42. The molecule has 1 aromatic carbocycles. The highest BCUT2D eigenvalue weighted by atomic mass is 16.5. The van der Waals surface area contributed by atoms with Gasteiger partial charge in [-0.05, 0) is 23.6 Å². The molecule has 1 aliphatic rings. The summed E-state index contributed by atoms with van der Waals surface area (Å²) >= 11 is 0. The largest absolute Gasteiger partial charge is 0.488 e. The van der Waals surface area contributed by atoms with Gasteiger partial charge in [0.2, 0.25) is 5.88 Å². The van der Waals surface area contributed by atoms with Crippen LogP contribution in [0.2, 0.25) is 0 Å². The summed E-state index contributed by atoms with van der Waals surface area (Å²) in [5.74, 6) is 2.32. The van der Waals surface area contributed by atoms with Crippen molar-refractivity contribution in [3.8, 4) is 17.6 Å². The van der Waals surface area contributed by atoms with E-state index in [1.54, 1.807) is 13.2 Å². The molecule has 0 aliphatic carbocycles. The Hall–Kier alpha value is -2.54. The summed E-state index contributed by atoms with van der Waals surface area (Å²) < 4.78 is 16.4. The van der Waals surface area contributed by atoms with Gasteiger partial charge in [-0.1, -0.05) is 26.0 Å². The Kier molecular flexibility index (Phi) is 6.01. The molecule has 2 heterocycles. The second-order valence-corrected chi connectivity index (χ2v) is 6.94. The molecule has 0 spiro atoms. The first-order valence-corrected chi connectivity index (χ1v) is 9.17. The Bertz CT molecular complexity index is 746. The number of rotatable bonds is 6. The Morgan fingerprint density at radius 3 is 2.63 bits per heavy atom. The summed E-state index contributed by atoms with van der Waals surface area (Å²) in [5.41, 5.74) is 1.22. The van der Waals surface area contributed by atoms with Crippen LogP contribution < -0.4 is 19.1 Å². The normalized spacial score (nSPS) is 19.9. The molecule has 1 fully saturated rings. The van der Waals surface area contributed by atoms with Gasteiger partial charge in [0, 0.05) is 25.6 Å². The van der Waals surface area contributed by atoms with Gasteiger partial charge in [-0.15, -0.1) is 0 Å². The van der Waals surface area contributed by atoms with Crippen LogP contribution >= 0.6 is 0 Å². The Morgan fingerprint density at radius 1 is 1.15 bits per heavy atom. The summed E-state index contributed by atoms with van der Waals surface area (Å²) in [6.07, 6.45) is -0.204. The lowest BCUT2D eigenvalue weighted by molar-refractivity contribution is 0.0240. The third-order valence-electron chi connectivity index (χ3n) is 4.72. The first-order valence-electron chi connectivity index (χ1n) is 9.17. The maximum atomic E-state index is 10.6. The van der Waals surface area contributed by atoms with E-state index in [4.69, 9.17) is 14.2 Å². The molecule has 1 saturated heterocycles. The first kappa shape index (κ1) is 19.2. The molecule has 0 bridgehead atoms. The van der Waals surface area contributed by atoms with Crippen LogP contribution in [0.15, 0.2) is 30.3 Å². The van der Waals surface area contributed by atoms with Gasteiger partial charge in [0.1, 0.15) is 23.8 Å². The molecule has 0 saturated carbocycles. The number of aliphatic hydroxyl groups is 1. The molecule has 27 heavy (non-hydrogen) atoms. The molecule has 1 aromatic heterocycles. The average molecular weight is 373 g/mol. The molecule has 0 amide bonds. The standard InChI is InChI=1S/C20H27N3O4/c1-13(2)14-6-5-7-15(10-14)27-17-8-9-23(12-16(17)24)18-11-19(25-3)22-20(21-18)26-4/h5-7,10-11,13,16-17,24H,8-9,12H2,1-4H3/t16-,17-/m1/s1. The second kappa shape index (κ2) is 8.43. The summed E-state index contributed by atoms with van der Waals surface area (Å²) in [5, 5.41) is 10.6. The lowest BCUT2D eigenvalue weighted by Crippen LogP contribution is -2.49. The number of piperidine rings is 1. The number of benzene rings is 1. The van der Waals surface area contributed by atoms with Gasteiger partial charge < -0.3 is 24.2 Å².